The predicted molar refractivity (Wildman–Crippen MR) is 162 cm³/mol. The van der Waals surface area contributed by atoms with Crippen molar-refractivity contribution in [3.8, 4) is 28.0 Å². The van der Waals surface area contributed by atoms with E-state index in [1.807, 2.05) is 39.0 Å². The lowest BCUT2D eigenvalue weighted by Crippen LogP contribution is -2.50. The van der Waals surface area contributed by atoms with Gasteiger partial charge in [-0.1, -0.05) is 17.7 Å². The smallest absolute Gasteiger partial charge is 0.410 e. The van der Waals surface area contributed by atoms with Crippen molar-refractivity contribution in [2.24, 2.45) is 0 Å². The van der Waals surface area contributed by atoms with Gasteiger partial charge in [0.1, 0.15) is 23.0 Å². The maximum absolute atomic E-state index is 15.1. The van der Waals surface area contributed by atoms with Crippen LogP contribution in [-0.4, -0.2) is 85.9 Å². The van der Waals surface area contributed by atoms with Crippen LogP contribution in [0.15, 0.2) is 48.7 Å². The molecular formula is C31H35ClFN5O4. The first-order chi connectivity index (χ1) is 19.9. The molecule has 3 heterocycles. The fourth-order valence-electron chi connectivity index (χ4n) is 5.21. The highest BCUT2D eigenvalue weighted by molar-refractivity contribution is 6.34. The van der Waals surface area contributed by atoms with Gasteiger partial charge in [0.15, 0.2) is 0 Å². The van der Waals surface area contributed by atoms with Crippen LogP contribution in [0.5, 0.6) is 5.75 Å². The average Bonchev–Trinajstić information content (AvgIpc) is 3.29. The first-order valence-corrected chi connectivity index (χ1v) is 14.2. The Labute approximate surface area is 250 Å². The Morgan fingerprint density at radius 1 is 0.952 bits per heavy atom. The minimum atomic E-state index is -0.551. The fraction of sp³-hybridized carbons (Fsp3) is 0.387. The molecule has 0 radical (unpaired) electrons. The Morgan fingerprint density at radius 2 is 1.62 bits per heavy atom. The summed E-state index contributed by atoms with van der Waals surface area (Å²) in [5, 5.41) is 0.390. The SMILES string of the molecule is COc1c(-c2ccnc(N3CCN(C(=O)OC(C)(C)C)CC3)c2)cc(F)cc1-c1ccc(N2CCN(C)C2=O)c(Cl)c1. The number of anilines is 2. The molecule has 5 rings (SSSR count). The standard InChI is InChI=1S/C31H35ClFN5O4/c1-31(2,3)42-30(40)37-13-11-36(12-14-37)27-17-21(8-9-34-27)24-19-22(33)18-23(28(24)41-5)20-6-7-26(25(32)16-20)38-15-10-35(4)29(38)39/h6-9,16-19H,10-15H2,1-5H3. The molecule has 3 aromatic rings. The third-order valence-electron chi connectivity index (χ3n) is 7.34. The normalized spacial score (nSPS) is 15.8. The number of benzene rings is 2. The molecule has 11 heteroatoms. The summed E-state index contributed by atoms with van der Waals surface area (Å²) in [5.41, 5.74) is 2.56. The molecule has 2 saturated heterocycles. The second-order valence-electron chi connectivity index (χ2n) is 11.4. The van der Waals surface area contributed by atoms with Crippen molar-refractivity contribution < 1.29 is 23.5 Å². The van der Waals surface area contributed by atoms with Crippen LogP contribution in [0.4, 0.5) is 25.5 Å². The van der Waals surface area contributed by atoms with E-state index in [4.69, 9.17) is 21.1 Å². The van der Waals surface area contributed by atoms with Gasteiger partial charge in [0.05, 0.1) is 17.8 Å². The van der Waals surface area contributed by atoms with Crippen molar-refractivity contribution in [2.45, 2.75) is 26.4 Å². The first-order valence-electron chi connectivity index (χ1n) is 13.8. The summed E-state index contributed by atoms with van der Waals surface area (Å²) in [6.45, 7) is 8.89. The van der Waals surface area contributed by atoms with Gasteiger partial charge in [0.2, 0.25) is 0 Å². The van der Waals surface area contributed by atoms with Crippen LogP contribution in [0.1, 0.15) is 20.8 Å². The number of likely N-dealkylation sites (N-methyl/N-ethyl adjacent to an activating group) is 1. The highest BCUT2D eigenvalue weighted by atomic mass is 35.5. The molecule has 0 unspecified atom stereocenters. The third kappa shape index (κ3) is 6.09. The van der Waals surface area contributed by atoms with E-state index in [9.17, 15) is 9.59 Å². The largest absolute Gasteiger partial charge is 0.495 e. The molecule has 0 saturated carbocycles. The number of halogens is 2. The number of ether oxygens (including phenoxy) is 2. The Bertz CT molecular complexity index is 1500. The van der Waals surface area contributed by atoms with E-state index >= 15 is 4.39 Å². The molecule has 3 amide bonds. The molecule has 0 atom stereocenters. The molecule has 42 heavy (non-hydrogen) atoms. The summed E-state index contributed by atoms with van der Waals surface area (Å²) in [6, 6.07) is 11.8. The Balaban J connectivity index is 1.41. The highest BCUT2D eigenvalue weighted by Gasteiger charge is 2.29. The molecule has 1 aromatic heterocycles. The van der Waals surface area contributed by atoms with E-state index in [1.54, 1.807) is 47.2 Å². The molecule has 2 aromatic carbocycles. The summed E-state index contributed by atoms with van der Waals surface area (Å²) in [7, 11) is 3.30. The maximum atomic E-state index is 15.1. The maximum Gasteiger partial charge on any atom is 0.410 e. The van der Waals surface area contributed by atoms with Crippen molar-refractivity contribution >= 4 is 35.2 Å². The summed E-state index contributed by atoms with van der Waals surface area (Å²) in [6.07, 6.45) is 1.36. The monoisotopic (exact) mass is 595 g/mol. The minimum absolute atomic E-state index is 0.116. The van der Waals surface area contributed by atoms with E-state index in [0.717, 1.165) is 11.4 Å². The first kappa shape index (κ1) is 29.4. The molecule has 2 aliphatic rings. The van der Waals surface area contributed by atoms with Crippen molar-refractivity contribution in [1.29, 1.82) is 0 Å². The minimum Gasteiger partial charge on any atom is -0.495 e. The number of carbonyl (C=O) groups is 2. The van der Waals surface area contributed by atoms with Gasteiger partial charge in [-0.15, -0.1) is 0 Å². The lowest BCUT2D eigenvalue weighted by atomic mass is 9.97. The summed E-state index contributed by atoms with van der Waals surface area (Å²) in [4.78, 5) is 36.6. The molecule has 0 spiro atoms. The van der Waals surface area contributed by atoms with Crippen LogP contribution in [-0.2, 0) is 4.74 Å². The van der Waals surface area contributed by atoms with Gasteiger partial charge in [-0.05, 0) is 68.3 Å². The Morgan fingerprint density at radius 3 is 2.19 bits per heavy atom. The Kier molecular flexibility index (Phi) is 8.19. The van der Waals surface area contributed by atoms with Crippen LogP contribution in [0.3, 0.4) is 0 Å². The highest BCUT2D eigenvalue weighted by Crippen LogP contribution is 2.42. The summed E-state index contributed by atoms with van der Waals surface area (Å²) < 4.78 is 26.4. The Hall–Kier alpha value is -4.05. The molecule has 0 N–H and O–H groups in total. The molecule has 0 aliphatic carbocycles. The van der Waals surface area contributed by atoms with Gasteiger partial charge < -0.3 is 24.2 Å². The second-order valence-corrected chi connectivity index (χ2v) is 11.8. The van der Waals surface area contributed by atoms with Crippen LogP contribution in [0.25, 0.3) is 22.3 Å². The van der Waals surface area contributed by atoms with E-state index < -0.39 is 11.4 Å². The van der Waals surface area contributed by atoms with Crippen LogP contribution in [0.2, 0.25) is 5.02 Å². The topological polar surface area (TPSA) is 78.5 Å². The molecule has 9 nitrogen and oxygen atoms in total. The second kappa shape index (κ2) is 11.7. The van der Waals surface area contributed by atoms with Gasteiger partial charge >= 0.3 is 12.1 Å². The van der Waals surface area contributed by atoms with Crippen molar-refractivity contribution in [2.75, 3.05) is 63.2 Å². The lowest BCUT2D eigenvalue weighted by molar-refractivity contribution is 0.0240. The predicted octanol–water partition coefficient (Wildman–Crippen LogP) is 6.15. The van der Waals surface area contributed by atoms with Crippen molar-refractivity contribution in [3.63, 3.8) is 0 Å². The van der Waals surface area contributed by atoms with Gasteiger partial charge in [0, 0.05) is 63.6 Å². The number of piperazine rings is 1. The quantitative estimate of drug-likeness (QED) is 0.352. The lowest BCUT2D eigenvalue weighted by Gasteiger charge is -2.36. The zero-order chi connectivity index (χ0) is 30.2. The molecule has 2 aliphatic heterocycles. The number of nitrogens with zero attached hydrogens (tertiary/aromatic N) is 5. The molecule has 2 fully saturated rings. The van der Waals surface area contributed by atoms with Crippen molar-refractivity contribution in [3.05, 3.63) is 59.5 Å². The average molecular weight is 596 g/mol. The number of rotatable bonds is 5. The number of hydrogen-bond donors (Lipinski definition) is 0. The van der Waals surface area contributed by atoms with Gasteiger partial charge in [0.25, 0.3) is 0 Å². The number of pyridine rings is 1. The van der Waals surface area contributed by atoms with Crippen molar-refractivity contribution in [1.82, 2.24) is 14.8 Å². The number of carbonyl (C=O) groups excluding carboxylic acids is 2. The van der Waals surface area contributed by atoms with E-state index in [2.05, 4.69) is 9.88 Å². The number of urea groups is 1. The van der Waals surface area contributed by atoms with Crippen LogP contribution < -0.4 is 14.5 Å². The van der Waals surface area contributed by atoms with Crippen LogP contribution >= 0.6 is 11.6 Å². The zero-order valence-electron chi connectivity index (χ0n) is 24.5. The number of hydrogen-bond acceptors (Lipinski definition) is 6. The summed E-state index contributed by atoms with van der Waals surface area (Å²) >= 11 is 6.64. The number of amides is 3. The van der Waals surface area contributed by atoms with E-state index in [1.165, 1.54) is 12.1 Å². The van der Waals surface area contributed by atoms with Gasteiger partial charge in [-0.25, -0.2) is 19.0 Å². The van der Waals surface area contributed by atoms with E-state index in [-0.39, 0.29) is 12.1 Å². The number of methoxy groups -OCH3 is 1. The zero-order valence-corrected chi connectivity index (χ0v) is 25.2. The fourth-order valence-corrected chi connectivity index (χ4v) is 5.49. The molecular weight excluding hydrogens is 561 g/mol. The molecule has 0 bridgehead atoms. The van der Waals surface area contributed by atoms with Gasteiger partial charge in [-0.2, -0.15) is 0 Å². The summed E-state index contributed by atoms with van der Waals surface area (Å²) in [5.74, 6) is 0.780. The molecule has 222 valence electrons. The van der Waals surface area contributed by atoms with Crippen LogP contribution in [0, 0.1) is 5.82 Å². The van der Waals surface area contributed by atoms with E-state index in [0.29, 0.717) is 72.4 Å². The number of aromatic nitrogens is 1. The van der Waals surface area contributed by atoms with Gasteiger partial charge in [-0.3, -0.25) is 4.90 Å². The third-order valence-corrected chi connectivity index (χ3v) is 7.64.